The van der Waals surface area contributed by atoms with Crippen molar-refractivity contribution in [3.63, 3.8) is 0 Å². The molecule has 2 rings (SSSR count). The van der Waals surface area contributed by atoms with Crippen LogP contribution in [0.3, 0.4) is 0 Å². The maximum absolute atomic E-state index is 6.06. The number of rotatable bonds is 20. The largest absolute Gasteiger partial charge is 0.492 e. The number of thiol groups is 1. The van der Waals surface area contributed by atoms with Gasteiger partial charge >= 0.3 is 0 Å². The van der Waals surface area contributed by atoms with Crippen LogP contribution in [0.1, 0.15) is 52.7 Å². The fourth-order valence-corrected chi connectivity index (χ4v) is 6.68. The lowest BCUT2D eigenvalue weighted by molar-refractivity contribution is 0.308. The van der Waals surface area contributed by atoms with E-state index in [9.17, 15) is 0 Å². The predicted molar refractivity (Wildman–Crippen MR) is 191 cm³/mol. The SMILES string of the molecule is CC#Cc1ccc(N(CC)CCOc2ccc(C=NN(C)P(S)(=NCCN(CC)CC)NCCN(CC)CC)cc2)cc1. The van der Waals surface area contributed by atoms with E-state index in [0.29, 0.717) is 6.61 Å². The number of anilines is 1. The molecular formula is C33H54N7OPS. The van der Waals surface area contributed by atoms with Gasteiger partial charge in [-0.1, -0.05) is 45.9 Å². The van der Waals surface area contributed by atoms with Gasteiger partial charge in [-0.15, -0.1) is 5.92 Å². The van der Waals surface area contributed by atoms with E-state index in [-0.39, 0.29) is 0 Å². The van der Waals surface area contributed by atoms with Gasteiger partial charge in [0.1, 0.15) is 12.4 Å². The van der Waals surface area contributed by atoms with Gasteiger partial charge < -0.3 is 19.4 Å². The Bertz CT molecular complexity index is 1190. The van der Waals surface area contributed by atoms with Crippen molar-refractivity contribution >= 4 is 30.7 Å². The molecule has 0 aliphatic carbocycles. The van der Waals surface area contributed by atoms with Gasteiger partial charge in [-0.3, -0.25) is 9.83 Å². The molecule has 0 aromatic heterocycles. The monoisotopic (exact) mass is 627 g/mol. The van der Waals surface area contributed by atoms with Crippen molar-refractivity contribution < 1.29 is 4.74 Å². The summed E-state index contributed by atoms with van der Waals surface area (Å²) >= 11 is 5.08. The Labute approximate surface area is 267 Å². The van der Waals surface area contributed by atoms with Gasteiger partial charge in [0.2, 0.25) is 0 Å². The second-order valence-corrected chi connectivity index (χ2v) is 14.0. The molecule has 0 bridgehead atoms. The molecule has 0 amide bonds. The fourth-order valence-electron chi connectivity index (χ4n) is 4.52. The van der Waals surface area contributed by atoms with Crippen molar-refractivity contribution in [1.29, 1.82) is 0 Å². The Morgan fingerprint density at radius 3 is 2.07 bits per heavy atom. The van der Waals surface area contributed by atoms with Crippen molar-refractivity contribution in [3.05, 3.63) is 59.7 Å². The Morgan fingerprint density at radius 1 is 0.860 bits per heavy atom. The number of ether oxygens (including phenoxy) is 1. The van der Waals surface area contributed by atoms with E-state index in [4.69, 9.17) is 26.8 Å². The van der Waals surface area contributed by atoms with Gasteiger partial charge in [-0.05, 0) is 94.1 Å². The molecule has 1 unspecified atom stereocenters. The molecular weight excluding hydrogens is 573 g/mol. The number of nitrogens with one attached hydrogen (secondary N) is 1. The minimum absolute atomic E-state index is 0.599. The first kappa shape index (κ1) is 36.7. The summed E-state index contributed by atoms with van der Waals surface area (Å²) in [6, 6.07) is 16.4. The van der Waals surface area contributed by atoms with E-state index in [1.807, 2.05) is 49.2 Å². The highest BCUT2D eigenvalue weighted by atomic mass is 32.7. The quantitative estimate of drug-likeness (QED) is 0.0585. The first-order valence-corrected chi connectivity index (χ1v) is 18.5. The van der Waals surface area contributed by atoms with E-state index in [0.717, 1.165) is 82.3 Å². The van der Waals surface area contributed by atoms with Crippen LogP contribution in [0.15, 0.2) is 58.4 Å². The number of hydrazone groups is 1. The van der Waals surface area contributed by atoms with E-state index in [2.05, 4.69) is 90.5 Å². The summed E-state index contributed by atoms with van der Waals surface area (Å²) < 4.78 is 13.0. The zero-order valence-electron chi connectivity index (χ0n) is 27.5. The number of benzene rings is 2. The zero-order valence-corrected chi connectivity index (χ0v) is 29.2. The molecule has 0 aliphatic heterocycles. The minimum Gasteiger partial charge on any atom is -0.492 e. The summed E-state index contributed by atoms with van der Waals surface area (Å²) in [6.07, 6.45) is 1.87. The summed E-state index contributed by atoms with van der Waals surface area (Å²) in [7, 11) is 1.96. The van der Waals surface area contributed by atoms with Gasteiger partial charge in [0, 0.05) is 44.5 Å². The highest BCUT2D eigenvalue weighted by Gasteiger charge is 2.19. The number of nitrogens with zero attached hydrogens (tertiary/aromatic N) is 6. The topological polar surface area (TPSA) is 58.9 Å². The average molecular weight is 628 g/mol. The first-order chi connectivity index (χ1) is 20.8. The minimum atomic E-state index is -2.31. The molecule has 0 saturated heterocycles. The lowest BCUT2D eigenvalue weighted by Gasteiger charge is -2.29. The summed E-state index contributed by atoms with van der Waals surface area (Å²) in [6.45, 7) is 20.3. The second-order valence-electron chi connectivity index (χ2n) is 10.0. The van der Waals surface area contributed by atoms with Crippen molar-refractivity contribution in [2.75, 3.05) is 84.0 Å². The average Bonchev–Trinajstić information content (AvgIpc) is 3.03. The molecule has 0 aliphatic rings. The molecule has 0 spiro atoms. The highest BCUT2D eigenvalue weighted by Crippen LogP contribution is 2.52. The molecule has 0 heterocycles. The number of hydrogen-bond donors (Lipinski definition) is 2. The lowest BCUT2D eigenvalue weighted by atomic mass is 10.2. The first-order valence-electron chi connectivity index (χ1n) is 15.6. The van der Waals surface area contributed by atoms with Gasteiger partial charge in [-0.2, -0.15) is 5.10 Å². The van der Waals surface area contributed by atoms with Crippen LogP contribution in [0.25, 0.3) is 0 Å². The third-order valence-corrected chi connectivity index (χ3v) is 11.2. The van der Waals surface area contributed by atoms with E-state index in [1.54, 1.807) is 0 Å². The summed E-state index contributed by atoms with van der Waals surface area (Å²) in [5.41, 5.74) is 3.20. The van der Waals surface area contributed by atoms with E-state index in [1.165, 1.54) is 5.69 Å². The van der Waals surface area contributed by atoms with Gasteiger partial charge in [0.15, 0.2) is 6.56 Å². The van der Waals surface area contributed by atoms with Crippen molar-refractivity contribution in [2.45, 2.75) is 41.5 Å². The molecule has 0 radical (unpaired) electrons. The molecule has 0 saturated carbocycles. The highest BCUT2D eigenvalue weighted by molar-refractivity contribution is 8.47. The van der Waals surface area contributed by atoms with E-state index < -0.39 is 6.56 Å². The maximum Gasteiger partial charge on any atom is 0.187 e. The second kappa shape index (κ2) is 20.5. The Kier molecular flexibility index (Phi) is 17.5. The molecule has 2 aromatic rings. The predicted octanol–water partition coefficient (Wildman–Crippen LogP) is 6.38. The van der Waals surface area contributed by atoms with Crippen molar-refractivity contribution in [3.8, 4) is 17.6 Å². The summed E-state index contributed by atoms with van der Waals surface area (Å²) in [5, 5.41) is 8.40. The zero-order chi connectivity index (χ0) is 31.5. The smallest absolute Gasteiger partial charge is 0.187 e. The van der Waals surface area contributed by atoms with Gasteiger partial charge in [0.05, 0.1) is 19.3 Å². The molecule has 43 heavy (non-hydrogen) atoms. The summed E-state index contributed by atoms with van der Waals surface area (Å²) in [4.78, 5) is 7.08. The lowest BCUT2D eigenvalue weighted by Crippen LogP contribution is -2.32. The Hall–Kier alpha value is -2.47. The van der Waals surface area contributed by atoms with Crippen molar-refractivity contribution in [1.82, 2.24) is 19.7 Å². The third kappa shape index (κ3) is 13.0. The molecule has 1 atom stereocenters. The fraction of sp³-hybridized carbons (Fsp3) is 0.545. The Balaban J connectivity index is 1.99. The molecule has 0 fully saturated rings. The van der Waals surface area contributed by atoms with Crippen LogP contribution in [0.5, 0.6) is 5.75 Å². The van der Waals surface area contributed by atoms with Crippen LogP contribution in [0.4, 0.5) is 5.69 Å². The molecule has 10 heteroatoms. The van der Waals surface area contributed by atoms with Gasteiger partial charge in [-0.25, -0.2) is 4.78 Å². The van der Waals surface area contributed by atoms with Crippen LogP contribution in [-0.2, 0) is 0 Å². The maximum atomic E-state index is 6.06. The van der Waals surface area contributed by atoms with E-state index >= 15 is 0 Å². The van der Waals surface area contributed by atoms with Crippen LogP contribution < -0.4 is 14.7 Å². The molecule has 2 aromatic carbocycles. The molecule has 238 valence electrons. The van der Waals surface area contributed by atoms with Crippen LogP contribution >= 0.6 is 18.8 Å². The Morgan fingerprint density at radius 2 is 1.49 bits per heavy atom. The normalized spacial score (nSPS) is 12.7. The number of hydrogen-bond acceptors (Lipinski definition) is 6. The van der Waals surface area contributed by atoms with Crippen LogP contribution in [-0.4, -0.2) is 99.9 Å². The standard InChI is InChI=1S/C33H54N7OPS/c1-8-14-30-15-19-32(20-16-30)40(13-6)27-28-41-33-21-17-31(18-22-33)29-34-37(7)42(43,35-23-25-38(9-2)10-3)36-24-26-39(11-4)12-5/h15-22,29,35,43H,9-13,23-28H2,1-7H3. The molecule has 1 N–H and O–H groups in total. The van der Waals surface area contributed by atoms with Crippen molar-refractivity contribution in [2.24, 2.45) is 9.85 Å². The summed E-state index contributed by atoms with van der Waals surface area (Å²) in [5.74, 6) is 6.88. The molecule has 8 nitrogen and oxygen atoms in total. The number of likely N-dealkylation sites (N-methyl/N-ethyl adjacent to an activating group) is 3. The van der Waals surface area contributed by atoms with Gasteiger partial charge in [0.25, 0.3) is 0 Å². The van der Waals surface area contributed by atoms with Crippen LogP contribution in [0.2, 0.25) is 0 Å². The van der Waals surface area contributed by atoms with Crippen LogP contribution in [0, 0.1) is 11.8 Å². The third-order valence-electron chi connectivity index (χ3n) is 7.43.